The van der Waals surface area contributed by atoms with E-state index in [-0.39, 0.29) is 12.5 Å². The lowest BCUT2D eigenvalue weighted by molar-refractivity contribution is -0.893. The maximum absolute atomic E-state index is 10.5. The number of hydrogen-bond acceptors (Lipinski definition) is 3. The van der Waals surface area contributed by atoms with Crippen LogP contribution in [-0.4, -0.2) is 48.8 Å². The van der Waals surface area contributed by atoms with E-state index >= 15 is 0 Å². The van der Waals surface area contributed by atoms with Crippen molar-refractivity contribution in [3.8, 4) is 0 Å². The third kappa shape index (κ3) is 29.8. The molecule has 4 nitrogen and oxygen atoms in total. The number of carboxylic acid groups (broad SMARTS) is 1. The molecule has 0 aliphatic rings. The number of likely N-dealkylation sites (N-methyl/N-ethyl adjacent to an activating group) is 1. The molecule has 0 fully saturated rings. The molecule has 0 spiro atoms. The van der Waals surface area contributed by atoms with Gasteiger partial charge >= 0.3 is 0 Å². The van der Waals surface area contributed by atoms with Crippen molar-refractivity contribution in [1.82, 2.24) is 0 Å². The minimum Gasteiger partial charge on any atom is -0.550 e. The summed E-state index contributed by atoms with van der Waals surface area (Å²) >= 11 is 0. The van der Waals surface area contributed by atoms with E-state index in [1.807, 2.05) is 0 Å². The summed E-state index contributed by atoms with van der Waals surface area (Å²) in [6, 6.07) is 0. The number of carbonyl (C=O) groups excluding carboxylic acids is 1. The Kier molecular flexibility index (Phi) is 26.5. The number of carboxylic acids is 1. The van der Waals surface area contributed by atoms with Crippen molar-refractivity contribution in [2.24, 2.45) is 0 Å². The van der Waals surface area contributed by atoms with Crippen LogP contribution in [0, 0.1) is 0 Å². The van der Waals surface area contributed by atoms with E-state index < -0.39 is 5.97 Å². The zero-order valence-corrected chi connectivity index (χ0v) is 25.6. The van der Waals surface area contributed by atoms with Gasteiger partial charge in [-0.15, -0.1) is 0 Å². The molecule has 0 saturated heterocycles. The second-order valence-electron chi connectivity index (χ2n) is 12.5. The summed E-state index contributed by atoms with van der Waals surface area (Å²) in [5.41, 5.74) is 0. The normalized spacial score (nSPS) is 12.8. The maximum Gasteiger partial charge on any atom is 0.105 e. The van der Waals surface area contributed by atoms with Crippen molar-refractivity contribution in [3.05, 3.63) is 0 Å². The third-order valence-electron chi connectivity index (χ3n) is 7.99. The van der Waals surface area contributed by atoms with Crippen molar-refractivity contribution in [3.63, 3.8) is 0 Å². The Morgan fingerprint density at radius 2 is 0.946 bits per heavy atom. The SMILES string of the molecule is CCCCCCCCCCCCCCCCCCC(O)C[N+](C)(C)CCCCCCCCCCC(=O)[O-]. The van der Waals surface area contributed by atoms with Gasteiger partial charge in [-0.25, -0.2) is 0 Å². The number of rotatable bonds is 30. The first-order chi connectivity index (χ1) is 17.9. The molecule has 0 saturated carbocycles. The Labute approximate surface area is 232 Å². The van der Waals surface area contributed by atoms with Gasteiger partial charge in [0.05, 0.1) is 20.6 Å². The van der Waals surface area contributed by atoms with Crippen molar-refractivity contribution in [1.29, 1.82) is 0 Å². The molecule has 0 rings (SSSR count). The average molecular weight is 526 g/mol. The molecule has 1 N–H and O–H groups in total. The van der Waals surface area contributed by atoms with E-state index in [2.05, 4.69) is 21.0 Å². The molecule has 0 aliphatic carbocycles. The maximum atomic E-state index is 10.5. The Balaban J connectivity index is 3.42. The molecule has 0 aromatic carbocycles. The number of aliphatic carboxylic acids is 1. The lowest BCUT2D eigenvalue weighted by atomic mass is 10.0. The van der Waals surface area contributed by atoms with Gasteiger partial charge in [-0.1, -0.05) is 142 Å². The van der Waals surface area contributed by atoms with Gasteiger partial charge in [-0.05, 0) is 32.1 Å². The van der Waals surface area contributed by atoms with Crippen molar-refractivity contribution in [2.75, 3.05) is 27.2 Å². The zero-order valence-electron chi connectivity index (χ0n) is 25.6. The monoisotopic (exact) mass is 526 g/mol. The van der Waals surface area contributed by atoms with Crippen LogP contribution in [0.2, 0.25) is 0 Å². The topological polar surface area (TPSA) is 60.4 Å². The van der Waals surface area contributed by atoms with Crippen molar-refractivity contribution >= 4 is 5.97 Å². The van der Waals surface area contributed by atoms with Gasteiger partial charge in [0.1, 0.15) is 12.6 Å². The number of unbranched alkanes of at least 4 members (excludes halogenated alkanes) is 22. The van der Waals surface area contributed by atoms with E-state index in [1.54, 1.807) is 0 Å². The van der Waals surface area contributed by atoms with Gasteiger partial charge in [-0.3, -0.25) is 0 Å². The number of aliphatic hydroxyl groups is 1. The fourth-order valence-corrected chi connectivity index (χ4v) is 5.55. The smallest absolute Gasteiger partial charge is 0.105 e. The Morgan fingerprint density at radius 3 is 1.35 bits per heavy atom. The van der Waals surface area contributed by atoms with E-state index in [1.165, 1.54) is 135 Å². The summed E-state index contributed by atoms with van der Waals surface area (Å²) in [6.07, 6.45) is 32.4. The second kappa shape index (κ2) is 27.0. The standard InChI is InChI=1S/C33H67NO3/c1-4-5-6-7-8-9-10-11-12-13-14-15-16-19-22-25-28-32(35)31-34(2,3)30-27-24-21-18-17-20-23-26-29-33(36)37/h32,35H,4-31H2,1-3H3. The predicted octanol–water partition coefficient (Wildman–Crippen LogP) is 8.34. The molecule has 1 unspecified atom stereocenters. The van der Waals surface area contributed by atoms with Gasteiger partial charge in [0.2, 0.25) is 0 Å². The zero-order chi connectivity index (χ0) is 27.5. The van der Waals surface area contributed by atoms with E-state index in [0.29, 0.717) is 0 Å². The summed E-state index contributed by atoms with van der Waals surface area (Å²) in [7, 11) is 4.52. The van der Waals surface area contributed by atoms with E-state index in [4.69, 9.17) is 0 Å². The lowest BCUT2D eigenvalue weighted by Gasteiger charge is -2.32. The lowest BCUT2D eigenvalue weighted by Crippen LogP contribution is -2.45. The summed E-state index contributed by atoms with van der Waals surface area (Å²) in [5, 5.41) is 20.9. The van der Waals surface area contributed by atoms with Crippen molar-refractivity contribution < 1.29 is 19.5 Å². The van der Waals surface area contributed by atoms with Gasteiger partial charge in [0.25, 0.3) is 0 Å². The summed E-state index contributed by atoms with van der Waals surface area (Å²) in [5.74, 6) is -0.920. The summed E-state index contributed by atoms with van der Waals surface area (Å²) in [4.78, 5) is 10.4. The molecule has 222 valence electrons. The average Bonchev–Trinajstić information content (AvgIpc) is 2.84. The molecule has 4 heteroatoms. The number of carbonyl (C=O) groups is 1. The highest BCUT2D eigenvalue weighted by atomic mass is 16.4. The van der Waals surface area contributed by atoms with E-state index in [0.717, 1.165) is 43.3 Å². The molecule has 0 amide bonds. The number of quaternary nitrogens is 1. The minimum absolute atomic E-state index is 0.164. The van der Waals surface area contributed by atoms with Gasteiger partial charge in [-0.2, -0.15) is 0 Å². The predicted molar refractivity (Wildman–Crippen MR) is 159 cm³/mol. The number of aliphatic hydroxyl groups excluding tert-OH is 1. The van der Waals surface area contributed by atoms with Crippen molar-refractivity contribution in [2.45, 2.75) is 180 Å². The summed E-state index contributed by atoms with van der Waals surface area (Å²) in [6.45, 7) is 4.30. The molecule has 0 bridgehead atoms. The Hall–Kier alpha value is -0.610. The highest BCUT2D eigenvalue weighted by Gasteiger charge is 2.19. The molecule has 37 heavy (non-hydrogen) atoms. The molecule has 1 atom stereocenters. The first-order valence-corrected chi connectivity index (χ1v) is 16.6. The molecule has 0 radical (unpaired) electrons. The highest BCUT2D eigenvalue weighted by molar-refractivity contribution is 5.64. The van der Waals surface area contributed by atoms with Crippen LogP contribution in [0.25, 0.3) is 0 Å². The fourth-order valence-electron chi connectivity index (χ4n) is 5.55. The van der Waals surface area contributed by atoms with E-state index in [9.17, 15) is 15.0 Å². The largest absolute Gasteiger partial charge is 0.550 e. The quantitative estimate of drug-likeness (QED) is 0.0757. The van der Waals surface area contributed by atoms with Crippen LogP contribution in [0.15, 0.2) is 0 Å². The second-order valence-corrected chi connectivity index (χ2v) is 12.5. The molecular formula is C33H67NO3. The van der Waals surface area contributed by atoms with Gasteiger partial charge < -0.3 is 19.5 Å². The first kappa shape index (κ1) is 36.4. The number of nitrogens with zero attached hydrogens (tertiary/aromatic N) is 1. The van der Waals surface area contributed by atoms with Gasteiger partial charge in [0.15, 0.2) is 0 Å². The van der Waals surface area contributed by atoms with Crippen LogP contribution in [0.3, 0.4) is 0 Å². The Bertz CT molecular complexity index is 480. The molecule has 0 aromatic rings. The van der Waals surface area contributed by atoms with Gasteiger partial charge in [0, 0.05) is 5.97 Å². The molecule has 0 aromatic heterocycles. The number of hydrogen-bond donors (Lipinski definition) is 1. The molecular weight excluding hydrogens is 458 g/mol. The third-order valence-corrected chi connectivity index (χ3v) is 7.99. The van der Waals surface area contributed by atoms with Crippen LogP contribution in [0.5, 0.6) is 0 Å². The molecule has 0 aliphatic heterocycles. The van der Waals surface area contributed by atoms with Crippen LogP contribution in [0.4, 0.5) is 0 Å². The molecule has 0 heterocycles. The Morgan fingerprint density at radius 1 is 0.595 bits per heavy atom. The van der Waals surface area contributed by atoms with Crippen LogP contribution >= 0.6 is 0 Å². The van der Waals surface area contributed by atoms with Crippen LogP contribution in [0.1, 0.15) is 174 Å². The summed E-state index contributed by atoms with van der Waals surface area (Å²) < 4.78 is 0.920. The minimum atomic E-state index is -0.920. The first-order valence-electron chi connectivity index (χ1n) is 16.6. The highest BCUT2D eigenvalue weighted by Crippen LogP contribution is 2.16. The van der Waals surface area contributed by atoms with Crippen LogP contribution in [-0.2, 0) is 4.79 Å². The fraction of sp³-hybridized carbons (Fsp3) is 0.970. The van der Waals surface area contributed by atoms with Crippen LogP contribution < -0.4 is 5.11 Å².